The van der Waals surface area contributed by atoms with Crippen molar-refractivity contribution in [2.75, 3.05) is 6.54 Å². The van der Waals surface area contributed by atoms with Crippen LogP contribution in [0.5, 0.6) is 0 Å². The monoisotopic (exact) mass is 213 g/mol. The largest absolute Gasteiger partial charge is 0.375 e. The maximum absolute atomic E-state index is 5.84. The molecule has 0 aromatic rings. The van der Waals surface area contributed by atoms with Gasteiger partial charge in [-0.25, -0.2) is 0 Å². The second-order valence-corrected chi connectivity index (χ2v) is 4.77. The van der Waals surface area contributed by atoms with Crippen molar-refractivity contribution >= 4 is 0 Å². The van der Waals surface area contributed by atoms with Crippen LogP contribution < -0.4 is 5.32 Å². The van der Waals surface area contributed by atoms with E-state index in [1.54, 1.807) is 0 Å². The molecular formula is C13H27NO. The van der Waals surface area contributed by atoms with Gasteiger partial charge < -0.3 is 10.1 Å². The minimum absolute atomic E-state index is 0.499. The molecule has 15 heavy (non-hydrogen) atoms. The van der Waals surface area contributed by atoms with E-state index in [1.807, 2.05) is 0 Å². The van der Waals surface area contributed by atoms with E-state index in [0.717, 1.165) is 6.54 Å². The normalized spacial score (nSPS) is 28.2. The molecule has 1 saturated heterocycles. The van der Waals surface area contributed by atoms with Crippen LogP contribution in [0.2, 0.25) is 0 Å². The van der Waals surface area contributed by atoms with Gasteiger partial charge in [0.1, 0.15) is 0 Å². The van der Waals surface area contributed by atoms with Crippen LogP contribution in [0.25, 0.3) is 0 Å². The van der Waals surface area contributed by atoms with Crippen molar-refractivity contribution in [3.63, 3.8) is 0 Å². The maximum atomic E-state index is 5.84. The van der Waals surface area contributed by atoms with E-state index in [-0.39, 0.29) is 0 Å². The molecule has 3 atom stereocenters. The summed E-state index contributed by atoms with van der Waals surface area (Å²) in [6, 6.07) is 0.708. The third-order valence-electron chi connectivity index (χ3n) is 3.29. The summed E-state index contributed by atoms with van der Waals surface area (Å²) in [5.74, 6) is 0. The molecule has 0 aromatic carbocycles. The molecule has 0 radical (unpaired) electrons. The fourth-order valence-corrected chi connectivity index (χ4v) is 2.47. The first-order valence-corrected chi connectivity index (χ1v) is 6.65. The minimum Gasteiger partial charge on any atom is -0.375 e. The van der Waals surface area contributed by atoms with Gasteiger partial charge in [-0.1, -0.05) is 20.3 Å². The topological polar surface area (TPSA) is 21.3 Å². The van der Waals surface area contributed by atoms with Crippen LogP contribution in [-0.4, -0.2) is 24.8 Å². The van der Waals surface area contributed by atoms with Gasteiger partial charge in [0.25, 0.3) is 0 Å². The second kappa shape index (κ2) is 7.24. The second-order valence-electron chi connectivity index (χ2n) is 4.77. The zero-order valence-corrected chi connectivity index (χ0v) is 10.6. The van der Waals surface area contributed by atoms with Gasteiger partial charge in [0.15, 0.2) is 0 Å². The summed E-state index contributed by atoms with van der Waals surface area (Å²) in [4.78, 5) is 0. The molecule has 1 rings (SSSR count). The average molecular weight is 213 g/mol. The Morgan fingerprint density at radius 2 is 2.07 bits per heavy atom. The van der Waals surface area contributed by atoms with Crippen LogP contribution in [0.1, 0.15) is 59.3 Å². The molecule has 90 valence electrons. The fraction of sp³-hybridized carbons (Fsp3) is 1.00. The molecule has 0 aliphatic carbocycles. The van der Waals surface area contributed by atoms with Crippen molar-refractivity contribution < 1.29 is 4.74 Å². The van der Waals surface area contributed by atoms with Crippen molar-refractivity contribution in [1.29, 1.82) is 0 Å². The SMILES string of the molecule is CCCC(CCC1CCC(C)O1)NCC. The molecule has 1 aliphatic rings. The molecule has 1 aliphatic heterocycles. The summed E-state index contributed by atoms with van der Waals surface area (Å²) in [5.41, 5.74) is 0. The zero-order chi connectivity index (χ0) is 11.1. The van der Waals surface area contributed by atoms with E-state index in [2.05, 4.69) is 26.1 Å². The molecule has 0 spiro atoms. The van der Waals surface area contributed by atoms with Crippen LogP contribution in [0, 0.1) is 0 Å². The summed E-state index contributed by atoms with van der Waals surface area (Å²) in [6.45, 7) is 7.73. The lowest BCUT2D eigenvalue weighted by atomic mass is 10.0. The molecule has 1 fully saturated rings. The first-order valence-electron chi connectivity index (χ1n) is 6.65. The first kappa shape index (κ1) is 13.0. The summed E-state index contributed by atoms with van der Waals surface area (Å²) < 4.78 is 5.84. The third-order valence-corrected chi connectivity index (χ3v) is 3.29. The van der Waals surface area contributed by atoms with Crippen molar-refractivity contribution in [2.24, 2.45) is 0 Å². The van der Waals surface area contributed by atoms with Gasteiger partial charge in [0.2, 0.25) is 0 Å². The third kappa shape index (κ3) is 4.98. The van der Waals surface area contributed by atoms with E-state index < -0.39 is 0 Å². The predicted octanol–water partition coefficient (Wildman–Crippen LogP) is 3.11. The van der Waals surface area contributed by atoms with Crippen LogP contribution >= 0.6 is 0 Å². The van der Waals surface area contributed by atoms with Gasteiger partial charge in [0.05, 0.1) is 12.2 Å². The molecular weight excluding hydrogens is 186 g/mol. The lowest BCUT2D eigenvalue weighted by Crippen LogP contribution is -2.29. The molecule has 0 amide bonds. The molecule has 2 nitrogen and oxygen atoms in total. The number of nitrogens with one attached hydrogen (secondary N) is 1. The zero-order valence-electron chi connectivity index (χ0n) is 10.6. The molecule has 3 unspecified atom stereocenters. The van der Waals surface area contributed by atoms with Crippen molar-refractivity contribution in [2.45, 2.75) is 77.5 Å². The average Bonchev–Trinajstić information content (AvgIpc) is 2.61. The number of rotatable bonds is 7. The number of ether oxygens (including phenoxy) is 1. The highest BCUT2D eigenvalue weighted by molar-refractivity contribution is 4.74. The molecule has 1 N–H and O–H groups in total. The van der Waals surface area contributed by atoms with E-state index >= 15 is 0 Å². The Kier molecular flexibility index (Phi) is 6.26. The molecule has 0 bridgehead atoms. The van der Waals surface area contributed by atoms with Crippen LogP contribution in [-0.2, 0) is 4.74 Å². The lowest BCUT2D eigenvalue weighted by Gasteiger charge is -2.19. The lowest BCUT2D eigenvalue weighted by molar-refractivity contribution is 0.0479. The minimum atomic E-state index is 0.499. The predicted molar refractivity (Wildman–Crippen MR) is 65.2 cm³/mol. The van der Waals surface area contributed by atoms with Gasteiger partial charge in [-0.2, -0.15) is 0 Å². The van der Waals surface area contributed by atoms with Gasteiger partial charge in [0, 0.05) is 6.04 Å². The number of hydrogen-bond acceptors (Lipinski definition) is 2. The van der Waals surface area contributed by atoms with Gasteiger partial charge in [-0.3, -0.25) is 0 Å². The van der Waals surface area contributed by atoms with Gasteiger partial charge >= 0.3 is 0 Å². The van der Waals surface area contributed by atoms with E-state index in [1.165, 1.54) is 38.5 Å². The highest BCUT2D eigenvalue weighted by atomic mass is 16.5. The van der Waals surface area contributed by atoms with E-state index in [9.17, 15) is 0 Å². The van der Waals surface area contributed by atoms with Crippen LogP contribution in [0.4, 0.5) is 0 Å². The summed E-state index contributed by atoms with van der Waals surface area (Å²) in [7, 11) is 0. The molecule has 0 saturated carbocycles. The number of hydrogen-bond donors (Lipinski definition) is 1. The van der Waals surface area contributed by atoms with Crippen LogP contribution in [0.3, 0.4) is 0 Å². The summed E-state index contributed by atoms with van der Waals surface area (Å²) in [5, 5.41) is 3.56. The molecule has 2 heteroatoms. The quantitative estimate of drug-likeness (QED) is 0.701. The molecule has 1 heterocycles. The Hall–Kier alpha value is -0.0800. The summed E-state index contributed by atoms with van der Waals surface area (Å²) >= 11 is 0. The standard InChI is InChI=1S/C13H27NO/c1-4-6-12(14-5-2)8-10-13-9-7-11(3)15-13/h11-14H,4-10H2,1-3H3. The van der Waals surface area contributed by atoms with Gasteiger partial charge in [-0.15, -0.1) is 0 Å². The Balaban J connectivity index is 2.15. The first-order chi connectivity index (χ1) is 7.26. The van der Waals surface area contributed by atoms with Crippen molar-refractivity contribution in [3.8, 4) is 0 Å². The molecule has 0 aromatic heterocycles. The highest BCUT2D eigenvalue weighted by Crippen LogP contribution is 2.23. The van der Waals surface area contributed by atoms with E-state index in [4.69, 9.17) is 4.74 Å². The maximum Gasteiger partial charge on any atom is 0.0580 e. The van der Waals surface area contributed by atoms with Crippen molar-refractivity contribution in [3.05, 3.63) is 0 Å². The van der Waals surface area contributed by atoms with Gasteiger partial charge in [-0.05, 0) is 45.6 Å². The summed E-state index contributed by atoms with van der Waals surface area (Å²) in [6.07, 6.45) is 8.66. The van der Waals surface area contributed by atoms with Crippen LogP contribution in [0.15, 0.2) is 0 Å². The highest BCUT2D eigenvalue weighted by Gasteiger charge is 2.22. The fourth-order valence-electron chi connectivity index (χ4n) is 2.47. The Morgan fingerprint density at radius 1 is 1.27 bits per heavy atom. The Labute approximate surface area is 94.8 Å². The van der Waals surface area contributed by atoms with Crippen molar-refractivity contribution in [1.82, 2.24) is 5.32 Å². The smallest absolute Gasteiger partial charge is 0.0580 e. The Bertz CT molecular complexity index is 155. The Morgan fingerprint density at radius 3 is 2.60 bits per heavy atom. The van der Waals surface area contributed by atoms with E-state index in [0.29, 0.717) is 18.2 Å².